The lowest BCUT2D eigenvalue weighted by Crippen LogP contribution is -2.16. The average molecular weight is 288 g/mol. The van der Waals surface area contributed by atoms with Crippen LogP contribution in [0.2, 0.25) is 0 Å². The van der Waals surface area contributed by atoms with Crippen molar-refractivity contribution in [1.29, 1.82) is 0 Å². The number of pyridine rings is 1. The number of nitrogens with zero attached hydrogens (tertiary/aromatic N) is 1. The maximum absolute atomic E-state index is 5.79. The van der Waals surface area contributed by atoms with Crippen molar-refractivity contribution in [2.75, 3.05) is 13.3 Å². The van der Waals surface area contributed by atoms with Crippen LogP contribution in [0.4, 0.5) is 0 Å². The molecule has 0 saturated heterocycles. The Balaban J connectivity index is 2.06. The Labute approximate surface area is 124 Å². The first-order valence-corrected chi connectivity index (χ1v) is 7.94. The smallest absolute Gasteiger partial charge is 0.145 e. The van der Waals surface area contributed by atoms with E-state index in [2.05, 4.69) is 35.6 Å². The zero-order valence-corrected chi connectivity index (χ0v) is 12.9. The SMILES string of the molecule is CCC(NC)c1ccc(Oc2ccc(SC)cc2)cn1. The van der Waals surface area contributed by atoms with E-state index in [9.17, 15) is 0 Å². The van der Waals surface area contributed by atoms with Crippen LogP contribution in [0.5, 0.6) is 11.5 Å². The number of hydrogen-bond donors (Lipinski definition) is 1. The molecule has 1 heterocycles. The Hall–Kier alpha value is -1.52. The molecule has 0 amide bonds. The van der Waals surface area contributed by atoms with Crippen molar-refractivity contribution < 1.29 is 4.74 Å². The molecule has 1 atom stereocenters. The van der Waals surface area contributed by atoms with Crippen LogP contribution in [0, 0.1) is 0 Å². The molecule has 1 unspecified atom stereocenters. The molecule has 1 N–H and O–H groups in total. The highest BCUT2D eigenvalue weighted by Crippen LogP contribution is 2.24. The predicted molar refractivity (Wildman–Crippen MR) is 84.6 cm³/mol. The molecular weight excluding hydrogens is 268 g/mol. The summed E-state index contributed by atoms with van der Waals surface area (Å²) in [5.41, 5.74) is 1.04. The van der Waals surface area contributed by atoms with Crippen molar-refractivity contribution in [3.8, 4) is 11.5 Å². The van der Waals surface area contributed by atoms with Gasteiger partial charge in [0.25, 0.3) is 0 Å². The first-order valence-electron chi connectivity index (χ1n) is 6.72. The van der Waals surface area contributed by atoms with Gasteiger partial charge in [-0.2, -0.15) is 0 Å². The average Bonchev–Trinajstić information content (AvgIpc) is 2.51. The highest BCUT2D eigenvalue weighted by Gasteiger charge is 2.08. The van der Waals surface area contributed by atoms with Gasteiger partial charge in [0.1, 0.15) is 11.5 Å². The fraction of sp³-hybridized carbons (Fsp3) is 0.312. The zero-order valence-electron chi connectivity index (χ0n) is 12.1. The summed E-state index contributed by atoms with van der Waals surface area (Å²) in [5.74, 6) is 1.59. The van der Waals surface area contributed by atoms with Crippen LogP contribution in [0.1, 0.15) is 25.1 Å². The highest BCUT2D eigenvalue weighted by molar-refractivity contribution is 7.98. The minimum absolute atomic E-state index is 0.296. The first-order chi connectivity index (χ1) is 9.76. The Bertz CT molecular complexity index is 521. The molecule has 0 aliphatic carbocycles. The highest BCUT2D eigenvalue weighted by atomic mass is 32.2. The minimum atomic E-state index is 0.296. The quantitative estimate of drug-likeness (QED) is 0.805. The van der Waals surface area contributed by atoms with Crippen molar-refractivity contribution >= 4 is 11.8 Å². The fourth-order valence-corrected chi connectivity index (χ4v) is 2.41. The van der Waals surface area contributed by atoms with Crippen molar-refractivity contribution in [2.45, 2.75) is 24.3 Å². The van der Waals surface area contributed by atoms with Gasteiger partial charge in [0.05, 0.1) is 11.9 Å². The molecule has 0 spiro atoms. The zero-order chi connectivity index (χ0) is 14.4. The molecule has 20 heavy (non-hydrogen) atoms. The van der Waals surface area contributed by atoms with E-state index >= 15 is 0 Å². The molecule has 0 fully saturated rings. The summed E-state index contributed by atoms with van der Waals surface area (Å²) < 4.78 is 5.79. The molecular formula is C16H20N2OS. The van der Waals surface area contributed by atoms with E-state index < -0.39 is 0 Å². The van der Waals surface area contributed by atoms with Gasteiger partial charge in [-0.1, -0.05) is 6.92 Å². The van der Waals surface area contributed by atoms with Crippen LogP contribution >= 0.6 is 11.8 Å². The lowest BCUT2D eigenvalue weighted by Gasteiger charge is -2.13. The topological polar surface area (TPSA) is 34.1 Å². The molecule has 0 bridgehead atoms. The van der Waals surface area contributed by atoms with E-state index in [1.807, 2.05) is 31.3 Å². The molecule has 2 rings (SSSR count). The second-order valence-corrected chi connectivity index (χ2v) is 5.33. The number of ether oxygens (including phenoxy) is 1. The molecule has 0 saturated carbocycles. The summed E-state index contributed by atoms with van der Waals surface area (Å²) in [6.07, 6.45) is 4.85. The lowest BCUT2D eigenvalue weighted by molar-refractivity contribution is 0.477. The van der Waals surface area contributed by atoms with Crippen LogP contribution in [0.15, 0.2) is 47.5 Å². The maximum atomic E-state index is 5.79. The number of thioether (sulfide) groups is 1. The van der Waals surface area contributed by atoms with Crippen LogP contribution < -0.4 is 10.1 Å². The van der Waals surface area contributed by atoms with Gasteiger partial charge in [-0.05, 0) is 56.1 Å². The third-order valence-electron chi connectivity index (χ3n) is 3.17. The molecule has 0 aliphatic rings. The molecule has 0 radical (unpaired) electrons. The number of benzene rings is 1. The summed E-state index contributed by atoms with van der Waals surface area (Å²) in [4.78, 5) is 5.69. The van der Waals surface area contributed by atoms with Gasteiger partial charge in [0, 0.05) is 10.9 Å². The molecule has 0 aliphatic heterocycles. The second-order valence-electron chi connectivity index (χ2n) is 4.45. The summed E-state index contributed by atoms with van der Waals surface area (Å²) in [6, 6.07) is 12.3. The Morgan fingerprint density at radius 2 is 1.85 bits per heavy atom. The normalized spacial score (nSPS) is 12.2. The Morgan fingerprint density at radius 1 is 1.15 bits per heavy atom. The first kappa shape index (κ1) is 14.9. The number of rotatable bonds is 6. The van der Waals surface area contributed by atoms with Crippen molar-refractivity contribution in [2.24, 2.45) is 0 Å². The second kappa shape index (κ2) is 7.31. The van der Waals surface area contributed by atoms with Gasteiger partial charge in [0.15, 0.2) is 0 Å². The molecule has 1 aromatic heterocycles. The number of hydrogen-bond acceptors (Lipinski definition) is 4. The van der Waals surface area contributed by atoms with Gasteiger partial charge in [0.2, 0.25) is 0 Å². The van der Waals surface area contributed by atoms with Crippen LogP contribution in [0.25, 0.3) is 0 Å². The van der Waals surface area contributed by atoms with Gasteiger partial charge < -0.3 is 10.1 Å². The Morgan fingerprint density at radius 3 is 2.35 bits per heavy atom. The van der Waals surface area contributed by atoms with Crippen molar-refractivity contribution in [1.82, 2.24) is 10.3 Å². The third kappa shape index (κ3) is 3.74. The van der Waals surface area contributed by atoms with Gasteiger partial charge >= 0.3 is 0 Å². The molecule has 4 heteroatoms. The van der Waals surface area contributed by atoms with E-state index in [0.717, 1.165) is 23.6 Å². The lowest BCUT2D eigenvalue weighted by atomic mass is 10.1. The summed E-state index contributed by atoms with van der Waals surface area (Å²) in [7, 11) is 1.95. The van der Waals surface area contributed by atoms with E-state index in [1.54, 1.807) is 18.0 Å². The van der Waals surface area contributed by atoms with Crippen LogP contribution in [-0.2, 0) is 0 Å². The fourth-order valence-electron chi connectivity index (χ4n) is 2.00. The molecule has 2 aromatic rings. The van der Waals surface area contributed by atoms with Crippen LogP contribution in [-0.4, -0.2) is 18.3 Å². The van der Waals surface area contributed by atoms with E-state index in [4.69, 9.17) is 4.74 Å². The maximum Gasteiger partial charge on any atom is 0.145 e. The van der Waals surface area contributed by atoms with Gasteiger partial charge in [-0.3, -0.25) is 4.98 Å². The van der Waals surface area contributed by atoms with Crippen molar-refractivity contribution in [3.63, 3.8) is 0 Å². The van der Waals surface area contributed by atoms with E-state index in [1.165, 1.54) is 4.90 Å². The molecule has 106 valence electrons. The van der Waals surface area contributed by atoms with Crippen LogP contribution in [0.3, 0.4) is 0 Å². The van der Waals surface area contributed by atoms with Gasteiger partial charge in [-0.25, -0.2) is 0 Å². The summed E-state index contributed by atoms with van der Waals surface area (Å²) in [6.45, 7) is 2.14. The van der Waals surface area contributed by atoms with Gasteiger partial charge in [-0.15, -0.1) is 11.8 Å². The minimum Gasteiger partial charge on any atom is -0.456 e. The number of nitrogens with one attached hydrogen (secondary N) is 1. The Kier molecular flexibility index (Phi) is 5.44. The van der Waals surface area contributed by atoms with E-state index in [-0.39, 0.29) is 0 Å². The largest absolute Gasteiger partial charge is 0.456 e. The molecule has 3 nitrogen and oxygen atoms in total. The van der Waals surface area contributed by atoms with Crippen molar-refractivity contribution in [3.05, 3.63) is 48.3 Å². The molecule has 1 aromatic carbocycles. The summed E-state index contributed by atoms with van der Waals surface area (Å²) in [5, 5.41) is 3.24. The summed E-state index contributed by atoms with van der Waals surface area (Å²) >= 11 is 1.72. The predicted octanol–water partition coefficient (Wildman–Crippen LogP) is 4.27. The monoisotopic (exact) mass is 288 g/mol. The third-order valence-corrected chi connectivity index (χ3v) is 3.91. The number of aromatic nitrogens is 1. The van der Waals surface area contributed by atoms with E-state index in [0.29, 0.717) is 6.04 Å². The standard InChI is InChI=1S/C16H20N2OS/c1-4-15(17-2)16-10-7-13(11-18-16)19-12-5-8-14(20-3)9-6-12/h5-11,15,17H,4H2,1-3H3.